The van der Waals surface area contributed by atoms with Crippen molar-refractivity contribution in [3.63, 3.8) is 0 Å². The zero-order valence-corrected chi connectivity index (χ0v) is 10.0. The molecule has 0 rings (SSSR count). The molecule has 1 atom stereocenters. The number of aliphatic carboxylic acids is 1. The molecule has 102 valence electrons. The highest BCUT2D eigenvalue weighted by Gasteiger charge is 2.29. The normalized spacial score (nSPS) is 14.0. The zero-order chi connectivity index (χ0) is 13.5. The van der Waals surface area contributed by atoms with Gasteiger partial charge >= 0.3 is 12.1 Å². The molecule has 0 radical (unpaired) electrons. The van der Waals surface area contributed by atoms with Crippen molar-refractivity contribution in [2.24, 2.45) is 0 Å². The van der Waals surface area contributed by atoms with Crippen LogP contribution in [0.1, 0.15) is 19.8 Å². The summed E-state index contributed by atoms with van der Waals surface area (Å²) in [5.74, 6) is -1.03. The predicted molar refractivity (Wildman–Crippen MR) is 57.9 cm³/mol. The van der Waals surface area contributed by atoms with Gasteiger partial charge in [0.15, 0.2) is 0 Å². The van der Waals surface area contributed by atoms with Gasteiger partial charge in [-0.1, -0.05) is 6.92 Å². The fraction of sp³-hybridized carbons (Fsp3) is 0.900. The highest BCUT2D eigenvalue weighted by molar-refractivity contribution is 5.73. The van der Waals surface area contributed by atoms with E-state index in [9.17, 15) is 18.0 Å². The first-order chi connectivity index (χ1) is 7.76. The van der Waals surface area contributed by atoms with Crippen LogP contribution in [0.3, 0.4) is 0 Å². The molecule has 0 fully saturated rings. The fourth-order valence-corrected chi connectivity index (χ4v) is 1.37. The molecular weight excluding hydrogens is 237 g/mol. The minimum Gasteiger partial charge on any atom is -0.480 e. The molecule has 0 aromatic heterocycles. The lowest BCUT2D eigenvalue weighted by molar-refractivity contribution is -0.144. The van der Waals surface area contributed by atoms with E-state index in [0.717, 1.165) is 11.3 Å². The van der Waals surface area contributed by atoms with Crippen molar-refractivity contribution in [1.82, 2.24) is 10.2 Å². The van der Waals surface area contributed by atoms with Gasteiger partial charge in [-0.05, 0) is 26.4 Å². The summed E-state index contributed by atoms with van der Waals surface area (Å²) in [6.45, 7) is 1.50. The Morgan fingerprint density at radius 1 is 1.47 bits per heavy atom. The molecule has 0 aromatic carbocycles. The maximum Gasteiger partial charge on any atom is 0.401 e. The van der Waals surface area contributed by atoms with Gasteiger partial charge in [0, 0.05) is 6.54 Å². The highest BCUT2D eigenvalue weighted by atomic mass is 19.4. The van der Waals surface area contributed by atoms with E-state index in [4.69, 9.17) is 5.11 Å². The third-order valence-electron chi connectivity index (χ3n) is 2.19. The van der Waals surface area contributed by atoms with E-state index >= 15 is 0 Å². The number of alkyl halides is 3. The molecule has 0 aromatic rings. The standard InChI is InChI=1S/C10H19F3N2O2/c1-3-5-14-8(9(16)17)4-6-15(2)7-10(11,12)13/h8,14H,3-7H2,1-2H3,(H,16,17). The van der Waals surface area contributed by atoms with Crippen molar-refractivity contribution in [2.45, 2.75) is 32.0 Å². The summed E-state index contributed by atoms with van der Waals surface area (Å²) in [6, 6.07) is -0.786. The topological polar surface area (TPSA) is 52.6 Å². The first-order valence-corrected chi connectivity index (χ1v) is 5.47. The lowest BCUT2D eigenvalue weighted by Crippen LogP contribution is -2.41. The Hall–Kier alpha value is -0.820. The van der Waals surface area contributed by atoms with Crippen LogP contribution in [0.2, 0.25) is 0 Å². The molecule has 0 bridgehead atoms. The van der Waals surface area contributed by atoms with Gasteiger partial charge in [-0.25, -0.2) is 0 Å². The number of rotatable bonds is 8. The van der Waals surface area contributed by atoms with Crippen LogP contribution in [0.4, 0.5) is 13.2 Å². The molecule has 7 heteroatoms. The number of halogens is 3. The zero-order valence-electron chi connectivity index (χ0n) is 10.0. The second kappa shape index (κ2) is 7.50. The maximum absolute atomic E-state index is 12.0. The second-order valence-electron chi connectivity index (χ2n) is 3.99. The molecule has 0 saturated heterocycles. The van der Waals surface area contributed by atoms with E-state index in [1.54, 1.807) is 0 Å². The molecule has 17 heavy (non-hydrogen) atoms. The monoisotopic (exact) mass is 256 g/mol. The Balaban J connectivity index is 3.99. The highest BCUT2D eigenvalue weighted by Crippen LogP contribution is 2.15. The molecule has 0 aliphatic rings. The van der Waals surface area contributed by atoms with E-state index in [-0.39, 0.29) is 13.0 Å². The number of carboxylic acids is 1. The molecular formula is C10H19F3N2O2. The Labute approximate surface area is 98.8 Å². The number of nitrogens with one attached hydrogen (secondary N) is 1. The van der Waals surface area contributed by atoms with E-state index in [1.807, 2.05) is 6.92 Å². The fourth-order valence-electron chi connectivity index (χ4n) is 1.37. The van der Waals surface area contributed by atoms with E-state index in [2.05, 4.69) is 5.32 Å². The number of hydrogen-bond acceptors (Lipinski definition) is 3. The van der Waals surface area contributed by atoms with Gasteiger partial charge in [-0.15, -0.1) is 0 Å². The van der Waals surface area contributed by atoms with Gasteiger partial charge < -0.3 is 10.4 Å². The largest absolute Gasteiger partial charge is 0.480 e. The van der Waals surface area contributed by atoms with Crippen molar-refractivity contribution in [1.29, 1.82) is 0 Å². The van der Waals surface area contributed by atoms with Crippen molar-refractivity contribution in [2.75, 3.05) is 26.7 Å². The Kier molecular flexibility index (Phi) is 7.13. The summed E-state index contributed by atoms with van der Waals surface area (Å²) in [6.07, 6.45) is -3.31. The van der Waals surface area contributed by atoms with Crippen LogP contribution in [0, 0.1) is 0 Å². The average Bonchev–Trinajstić information content (AvgIpc) is 2.14. The van der Waals surface area contributed by atoms with Gasteiger partial charge in [0.25, 0.3) is 0 Å². The van der Waals surface area contributed by atoms with E-state index < -0.39 is 24.7 Å². The minimum absolute atomic E-state index is 0.0905. The summed E-state index contributed by atoms with van der Waals surface area (Å²) in [7, 11) is 1.33. The van der Waals surface area contributed by atoms with Crippen LogP contribution in [-0.4, -0.2) is 54.9 Å². The van der Waals surface area contributed by atoms with Crippen LogP contribution in [-0.2, 0) is 4.79 Å². The smallest absolute Gasteiger partial charge is 0.401 e. The van der Waals surface area contributed by atoms with Gasteiger partial charge in [0.05, 0.1) is 6.54 Å². The van der Waals surface area contributed by atoms with Crippen LogP contribution in [0.5, 0.6) is 0 Å². The predicted octanol–water partition coefficient (Wildman–Crippen LogP) is 1.32. The quantitative estimate of drug-likeness (QED) is 0.688. The second-order valence-corrected chi connectivity index (χ2v) is 3.99. The third kappa shape index (κ3) is 8.93. The first-order valence-electron chi connectivity index (χ1n) is 5.47. The Bertz CT molecular complexity index is 234. The average molecular weight is 256 g/mol. The summed E-state index contributed by atoms with van der Waals surface area (Å²) in [5, 5.41) is 11.6. The number of hydrogen-bond donors (Lipinski definition) is 2. The maximum atomic E-state index is 12.0. The third-order valence-corrected chi connectivity index (χ3v) is 2.19. The number of carbonyl (C=O) groups is 1. The Morgan fingerprint density at radius 2 is 2.06 bits per heavy atom. The molecule has 0 saturated carbocycles. The molecule has 0 aliphatic carbocycles. The van der Waals surface area contributed by atoms with Crippen molar-refractivity contribution >= 4 is 5.97 Å². The van der Waals surface area contributed by atoms with E-state index in [0.29, 0.717) is 6.54 Å². The van der Waals surface area contributed by atoms with Crippen LogP contribution in [0.15, 0.2) is 0 Å². The number of carboxylic acid groups (broad SMARTS) is 1. The number of nitrogens with zero attached hydrogens (tertiary/aromatic N) is 1. The van der Waals surface area contributed by atoms with Crippen LogP contribution in [0.25, 0.3) is 0 Å². The van der Waals surface area contributed by atoms with Gasteiger partial charge in [0.1, 0.15) is 6.04 Å². The first kappa shape index (κ1) is 16.2. The summed E-state index contributed by atoms with van der Waals surface area (Å²) < 4.78 is 36.1. The summed E-state index contributed by atoms with van der Waals surface area (Å²) in [5.41, 5.74) is 0. The SMILES string of the molecule is CCCNC(CCN(C)CC(F)(F)F)C(=O)O. The molecule has 0 amide bonds. The molecule has 4 nitrogen and oxygen atoms in total. The van der Waals surface area contributed by atoms with E-state index in [1.165, 1.54) is 7.05 Å². The lowest BCUT2D eigenvalue weighted by Gasteiger charge is -2.21. The molecule has 2 N–H and O–H groups in total. The van der Waals surface area contributed by atoms with Crippen LogP contribution >= 0.6 is 0 Å². The van der Waals surface area contributed by atoms with Crippen molar-refractivity contribution in [3.05, 3.63) is 0 Å². The van der Waals surface area contributed by atoms with Gasteiger partial charge in [0.2, 0.25) is 0 Å². The van der Waals surface area contributed by atoms with Crippen LogP contribution < -0.4 is 5.32 Å². The summed E-state index contributed by atoms with van der Waals surface area (Å²) in [4.78, 5) is 11.9. The van der Waals surface area contributed by atoms with Gasteiger partial charge in [-0.3, -0.25) is 9.69 Å². The molecule has 0 aliphatic heterocycles. The summed E-state index contributed by atoms with van der Waals surface area (Å²) >= 11 is 0. The molecule has 1 unspecified atom stereocenters. The van der Waals surface area contributed by atoms with Gasteiger partial charge in [-0.2, -0.15) is 13.2 Å². The lowest BCUT2D eigenvalue weighted by atomic mass is 10.2. The molecule has 0 heterocycles. The van der Waals surface area contributed by atoms with Crippen molar-refractivity contribution in [3.8, 4) is 0 Å². The van der Waals surface area contributed by atoms with Crippen molar-refractivity contribution < 1.29 is 23.1 Å². The molecule has 0 spiro atoms. The Morgan fingerprint density at radius 3 is 2.47 bits per heavy atom. The minimum atomic E-state index is -4.25.